The molecule has 0 aromatic heterocycles. The first-order valence-electron chi connectivity index (χ1n) is 7.99. The summed E-state index contributed by atoms with van der Waals surface area (Å²) in [5, 5.41) is 9.46. The molecule has 26 heavy (non-hydrogen) atoms. The molecular formula is C18H15Cl2N3O3. The molecule has 2 bridgehead atoms. The number of halogens is 2. The number of carbonyl (C=O) groups is 2. The number of hydrogen-bond acceptors (Lipinski definition) is 3. The van der Waals surface area contributed by atoms with Crippen LogP contribution >= 0.6 is 23.2 Å². The third-order valence-electron chi connectivity index (χ3n) is 4.60. The minimum absolute atomic E-state index is 0.294. The van der Waals surface area contributed by atoms with E-state index in [1.54, 1.807) is 49.4 Å². The molecule has 8 heteroatoms. The second-order valence-corrected chi connectivity index (χ2v) is 7.31. The maximum Gasteiger partial charge on any atom is 0.318 e. The molecule has 2 aromatic rings. The number of fused-ring (bicyclic) bond motifs is 4. The van der Waals surface area contributed by atoms with Crippen molar-refractivity contribution in [3.63, 3.8) is 0 Å². The zero-order valence-corrected chi connectivity index (χ0v) is 15.2. The van der Waals surface area contributed by atoms with Gasteiger partial charge < -0.3 is 15.4 Å². The number of nitrogens with one attached hydrogen (secondary N) is 3. The van der Waals surface area contributed by atoms with E-state index >= 15 is 0 Å². The van der Waals surface area contributed by atoms with Crippen molar-refractivity contribution < 1.29 is 14.3 Å². The number of urea groups is 1. The highest BCUT2D eigenvalue weighted by molar-refractivity contribution is 6.31. The molecule has 3 atom stereocenters. The molecular weight excluding hydrogens is 377 g/mol. The predicted octanol–water partition coefficient (Wildman–Crippen LogP) is 3.71. The number of anilines is 1. The first-order valence-corrected chi connectivity index (χ1v) is 8.75. The van der Waals surface area contributed by atoms with Crippen LogP contribution in [0.4, 0.5) is 10.5 Å². The lowest BCUT2D eigenvalue weighted by Gasteiger charge is -2.49. The SMILES string of the molecule is C[C@@]12NC(=O)N[C@H](c3cc(Cl)ccc3O1)[C@H]2C(=O)Nc1ccc(Cl)cc1. The summed E-state index contributed by atoms with van der Waals surface area (Å²) in [5.74, 6) is -0.426. The van der Waals surface area contributed by atoms with Crippen molar-refractivity contribution in [2.45, 2.75) is 18.7 Å². The van der Waals surface area contributed by atoms with Gasteiger partial charge in [0.1, 0.15) is 11.7 Å². The molecule has 0 saturated carbocycles. The van der Waals surface area contributed by atoms with Gasteiger partial charge in [0.15, 0.2) is 5.72 Å². The van der Waals surface area contributed by atoms with Gasteiger partial charge in [-0.1, -0.05) is 23.2 Å². The summed E-state index contributed by atoms with van der Waals surface area (Å²) in [6, 6.07) is 11.0. The zero-order chi connectivity index (χ0) is 18.5. The van der Waals surface area contributed by atoms with Gasteiger partial charge in [-0.15, -0.1) is 0 Å². The number of rotatable bonds is 2. The van der Waals surface area contributed by atoms with Crippen LogP contribution in [0.15, 0.2) is 42.5 Å². The lowest BCUT2D eigenvalue weighted by atomic mass is 9.80. The van der Waals surface area contributed by atoms with Crippen molar-refractivity contribution in [2.75, 3.05) is 5.32 Å². The quantitative estimate of drug-likeness (QED) is 0.729. The van der Waals surface area contributed by atoms with Crippen LogP contribution in [0.3, 0.4) is 0 Å². The lowest BCUT2D eigenvalue weighted by Crippen LogP contribution is -2.70. The highest BCUT2D eigenvalue weighted by atomic mass is 35.5. The van der Waals surface area contributed by atoms with Gasteiger partial charge in [-0.25, -0.2) is 4.79 Å². The van der Waals surface area contributed by atoms with Gasteiger partial charge in [-0.3, -0.25) is 10.1 Å². The van der Waals surface area contributed by atoms with Crippen LogP contribution in [0.1, 0.15) is 18.5 Å². The Morgan fingerprint density at radius 2 is 1.85 bits per heavy atom. The highest BCUT2D eigenvalue weighted by Crippen LogP contribution is 2.45. The number of ether oxygens (including phenoxy) is 1. The Balaban J connectivity index is 1.71. The van der Waals surface area contributed by atoms with Crippen LogP contribution in [-0.4, -0.2) is 17.7 Å². The third kappa shape index (κ3) is 2.85. The van der Waals surface area contributed by atoms with Crippen molar-refractivity contribution in [3.05, 3.63) is 58.1 Å². The van der Waals surface area contributed by atoms with Crippen LogP contribution in [0.5, 0.6) is 5.75 Å². The van der Waals surface area contributed by atoms with Crippen molar-refractivity contribution >= 4 is 40.8 Å². The van der Waals surface area contributed by atoms with Crippen LogP contribution in [0, 0.1) is 5.92 Å². The van der Waals surface area contributed by atoms with Crippen LogP contribution in [0.2, 0.25) is 10.0 Å². The van der Waals surface area contributed by atoms with E-state index in [1.165, 1.54) is 0 Å². The Kier molecular flexibility index (Phi) is 3.97. The summed E-state index contributed by atoms with van der Waals surface area (Å²) in [7, 11) is 0. The van der Waals surface area contributed by atoms with Gasteiger partial charge in [0, 0.05) is 21.3 Å². The first kappa shape index (κ1) is 17.0. The Hall–Kier alpha value is -2.44. The summed E-state index contributed by atoms with van der Waals surface area (Å²) in [6.45, 7) is 1.68. The van der Waals surface area contributed by atoms with E-state index < -0.39 is 23.7 Å². The largest absolute Gasteiger partial charge is 0.467 e. The molecule has 3 N–H and O–H groups in total. The fourth-order valence-electron chi connectivity index (χ4n) is 3.47. The summed E-state index contributed by atoms with van der Waals surface area (Å²) in [4.78, 5) is 25.1. The minimum atomic E-state index is -1.19. The highest BCUT2D eigenvalue weighted by Gasteiger charge is 2.55. The van der Waals surface area contributed by atoms with Gasteiger partial charge in [0.25, 0.3) is 0 Å². The Labute approximate surface area is 159 Å². The monoisotopic (exact) mass is 391 g/mol. The van der Waals surface area contributed by atoms with Gasteiger partial charge in [0.05, 0.1) is 6.04 Å². The molecule has 1 fully saturated rings. The predicted molar refractivity (Wildman–Crippen MR) is 98.5 cm³/mol. The summed E-state index contributed by atoms with van der Waals surface area (Å²) in [5.41, 5.74) is 0.0787. The van der Waals surface area contributed by atoms with Gasteiger partial charge >= 0.3 is 6.03 Å². The van der Waals surface area contributed by atoms with Crippen LogP contribution in [0.25, 0.3) is 0 Å². The molecule has 0 aliphatic carbocycles. The van der Waals surface area contributed by atoms with Crippen molar-refractivity contribution in [3.8, 4) is 5.75 Å². The zero-order valence-electron chi connectivity index (χ0n) is 13.7. The van der Waals surface area contributed by atoms with E-state index in [9.17, 15) is 9.59 Å². The van der Waals surface area contributed by atoms with E-state index in [4.69, 9.17) is 27.9 Å². The number of hydrogen-bond donors (Lipinski definition) is 3. The Morgan fingerprint density at radius 1 is 1.15 bits per heavy atom. The molecule has 4 rings (SSSR count). The molecule has 0 spiro atoms. The summed E-state index contributed by atoms with van der Waals surface area (Å²) >= 11 is 12.0. The maximum atomic E-state index is 13.0. The van der Waals surface area contributed by atoms with Gasteiger partial charge in [0.2, 0.25) is 5.91 Å². The summed E-state index contributed by atoms with van der Waals surface area (Å²) in [6.07, 6.45) is 0. The molecule has 2 aliphatic heterocycles. The topological polar surface area (TPSA) is 79.5 Å². The minimum Gasteiger partial charge on any atom is -0.467 e. The molecule has 2 aromatic carbocycles. The van der Waals surface area contributed by atoms with E-state index in [-0.39, 0.29) is 5.91 Å². The fourth-order valence-corrected chi connectivity index (χ4v) is 3.77. The average Bonchev–Trinajstić information content (AvgIpc) is 2.56. The van der Waals surface area contributed by atoms with Crippen LogP contribution < -0.4 is 20.7 Å². The molecule has 1 saturated heterocycles. The Morgan fingerprint density at radius 3 is 2.58 bits per heavy atom. The molecule has 2 aliphatic rings. The van der Waals surface area contributed by atoms with Crippen LogP contribution in [-0.2, 0) is 4.79 Å². The fraction of sp³-hybridized carbons (Fsp3) is 0.222. The standard InChI is InChI=1S/C18H15Cl2N3O3/c1-18-14(16(24)21-11-5-2-9(19)3-6-11)15(22-17(25)23-18)12-8-10(20)4-7-13(12)26-18/h2-8,14-15H,1H3,(H,21,24)(H2,22,23,25)/t14-,15+,18+/m0/s1. The molecule has 3 amide bonds. The smallest absolute Gasteiger partial charge is 0.318 e. The average molecular weight is 392 g/mol. The molecule has 0 unspecified atom stereocenters. The number of carbonyl (C=O) groups excluding carboxylic acids is 2. The number of benzene rings is 2. The van der Waals surface area contributed by atoms with Gasteiger partial charge in [-0.2, -0.15) is 0 Å². The number of amides is 3. The first-order chi connectivity index (χ1) is 12.4. The van der Waals surface area contributed by atoms with E-state index in [2.05, 4.69) is 16.0 Å². The van der Waals surface area contributed by atoms with E-state index in [0.717, 1.165) is 0 Å². The maximum absolute atomic E-state index is 13.0. The van der Waals surface area contributed by atoms with E-state index in [0.29, 0.717) is 27.0 Å². The van der Waals surface area contributed by atoms with Crippen molar-refractivity contribution in [1.82, 2.24) is 10.6 Å². The van der Waals surface area contributed by atoms with Crippen molar-refractivity contribution in [2.24, 2.45) is 5.92 Å². The lowest BCUT2D eigenvalue weighted by molar-refractivity contribution is -0.133. The third-order valence-corrected chi connectivity index (χ3v) is 5.09. The Bertz CT molecular complexity index is 903. The molecule has 0 radical (unpaired) electrons. The van der Waals surface area contributed by atoms with E-state index in [1.807, 2.05) is 0 Å². The molecule has 134 valence electrons. The van der Waals surface area contributed by atoms with Gasteiger partial charge in [-0.05, 0) is 49.4 Å². The normalized spacial score (nSPS) is 26.0. The second kappa shape index (κ2) is 6.07. The van der Waals surface area contributed by atoms with Crippen molar-refractivity contribution in [1.29, 1.82) is 0 Å². The summed E-state index contributed by atoms with van der Waals surface area (Å²) < 4.78 is 5.99. The second-order valence-electron chi connectivity index (χ2n) is 6.44. The molecule has 6 nitrogen and oxygen atoms in total. The molecule has 2 heterocycles.